The molecule has 1 aliphatic rings. The highest BCUT2D eigenvalue weighted by molar-refractivity contribution is 7.09. The van der Waals surface area contributed by atoms with Crippen LogP contribution in [-0.4, -0.2) is 62.7 Å². The van der Waals surface area contributed by atoms with Crippen LogP contribution in [0.25, 0.3) is 0 Å². The normalized spacial score (nSPS) is 18.6. The molecule has 3 rings (SSSR count). The lowest BCUT2D eigenvalue weighted by atomic mass is 10.0. The predicted molar refractivity (Wildman–Crippen MR) is 92.5 cm³/mol. The highest BCUT2D eigenvalue weighted by Gasteiger charge is 2.31. The summed E-state index contributed by atoms with van der Waals surface area (Å²) in [6.45, 7) is 13.1. The fraction of sp³-hybridized carbons (Fsp3) is 0.688. The molecule has 0 saturated carbocycles. The van der Waals surface area contributed by atoms with E-state index in [2.05, 4.69) is 63.6 Å². The summed E-state index contributed by atoms with van der Waals surface area (Å²) in [6.07, 6.45) is 0. The van der Waals surface area contributed by atoms with Crippen molar-refractivity contribution in [2.75, 3.05) is 32.7 Å². The molecule has 1 saturated heterocycles. The molecule has 0 amide bonds. The van der Waals surface area contributed by atoms with Crippen LogP contribution in [0.3, 0.4) is 0 Å². The number of hydrogen-bond donors (Lipinski definition) is 0. The monoisotopic (exact) mass is 334 g/mol. The molecule has 126 valence electrons. The SMILES string of the molecule is CCN1CCN(C(c2nnnn2Cc2cccs2)C(C)C)CC1. The van der Waals surface area contributed by atoms with Crippen LogP contribution in [0.1, 0.15) is 37.5 Å². The molecular weight excluding hydrogens is 308 g/mol. The van der Waals surface area contributed by atoms with Crippen molar-refractivity contribution >= 4 is 11.3 Å². The molecule has 1 atom stereocenters. The topological polar surface area (TPSA) is 50.1 Å². The summed E-state index contributed by atoms with van der Waals surface area (Å²) in [5.41, 5.74) is 0. The van der Waals surface area contributed by atoms with E-state index in [1.807, 2.05) is 4.68 Å². The van der Waals surface area contributed by atoms with Gasteiger partial charge in [0.25, 0.3) is 0 Å². The van der Waals surface area contributed by atoms with E-state index >= 15 is 0 Å². The minimum Gasteiger partial charge on any atom is -0.301 e. The number of likely N-dealkylation sites (N-methyl/N-ethyl adjacent to an activating group) is 1. The second-order valence-electron chi connectivity index (χ2n) is 6.43. The van der Waals surface area contributed by atoms with Gasteiger partial charge in [-0.2, -0.15) is 0 Å². The molecule has 2 aromatic heterocycles. The minimum absolute atomic E-state index is 0.281. The van der Waals surface area contributed by atoms with Gasteiger partial charge in [0.2, 0.25) is 0 Å². The first-order chi connectivity index (χ1) is 11.2. The summed E-state index contributed by atoms with van der Waals surface area (Å²) in [7, 11) is 0. The molecule has 7 heteroatoms. The zero-order chi connectivity index (χ0) is 16.2. The zero-order valence-corrected chi connectivity index (χ0v) is 15.0. The average molecular weight is 334 g/mol. The number of aromatic nitrogens is 4. The predicted octanol–water partition coefficient (Wildman–Crippen LogP) is 2.12. The summed E-state index contributed by atoms with van der Waals surface area (Å²) in [5.74, 6) is 1.48. The molecule has 1 fully saturated rings. The van der Waals surface area contributed by atoms with E-state index in [1.165, 1.54) is 4.88 Å². The van der Waals surface area contributed by atoms with E-state index < -0.39 is 0 Å². The highest BCUT2D eigenvalue weighted by atomic mass is 32.1. The lowest BCUT2D eigenvalue weighted by Crippen LogP contribution is -2.48. The zero-order valence-electron chi connectivity index (χ0n) is 14.2. The van der Waals surface area contributed by atoms with E-state index in [4.69, 9.17) is 0 Å². The third-order valence-corrected chi connectivity index (χ3v) is 5.45. The van der Waals surface area contributed by atoms with Crippen molar-refractivity contribution in [3.63, 3.8) is 0 Å². The first-order valence-electron chi connectivity index (χ1n) is 8.44. The van der Waals surface area contributed by atoms with E-state index in [1.54, 1.807) is 11.3 Å². The van der Waals surface area contributed by atoms with Gasteiger partial charge < -0.3 is 4.90 Å². The van der Waals surface area contributed by atoms with Gasteiger partial charge in [-0.25, -0.2) is 4.68 Å². The molecule has 0 spiro atoms. The standard InChI is InChI=1S/C16H26N6S/c1-4-20-7-9-21(10-8-20)15(13(2)3)16-17-18-19-22(16)12-14-6-5-11-23-14/h5-6,11,13,15H,4,7-10,12H2,1-3H3. The van der Waals surface area contributed by atoms with Gasteiger partial charge in [-0.3, -0.25) is 4.90 Å². The van der Waals surface area contributed by atoms with Crippen molar-refractivity contribution in [2.24, 2.45) is 5.92 Å². The van der Waals surface area contributed by atoms with Gasteiger partial charge in [0.15, 0.2) is 5.82 Å². The maximum Gasteiger partial charge on any atom is 0.169 e. The molecule has 3 heterocycles. The Kier molecular flexibility index (Phi) is 5.40. The highest BCUT2D eigenvalue weighted by Crippen LogP contribution is 2.28. The fourth-order valence-corrected chi connectivity index (χ4v) is 4.01. The second-order valence-corrected chi connectivity index (χ2v) is 7.47. The number of thiophene rings is 1. The Morgan fingerprint density at radius 2 is 2.00 bits per heavy atom. The van der Waals surface area contributed by atoms with Gasteiger partial charge in [0.05, 0.1) is 12.6 Å². The van der Waals surface area contributed by atoms with Crippen LogP contribution in [0.4, 0.5) is 0 Å². The van der Waals surface area contributed by atoms with Crippen LogP contribution >= 0.6 is 11.3 Å². The molecule has 0 radical (unpaired) electrons. The molecular formula is C16H26N6S. The molecule has 1 aliphatic heterocycles. The van der Waals surface area contributed by atoms with Crippen LogP contribution < -0.4 is 0 Å². The van der Waals surface area contributed by atoms with Crippen molar-refractivity contribution in [1.82, 2.24) is 30.0 Å². The van der Waals surface area contributed by atoms with Crippen LogP contribution in [0.5, 0.6) is 0 Å². The molecule has 23 heavy (non-hydrogen) atoms. The molecule has 0 aliphatic carbocycles. The van der Waals surface area contributed by atoms with Gasteiger partial charge >= 0.3 is 0 Å². The Labute approximate surface area is 142 Å². The van der Waals surface area contributed by atoms with Crippen LogP contribution in [-0.2, 0) is 6.54 Å². The summed E-state index contributed by atoms with van der Waals surface area (Å²) in [6, 6.07) is 4.50. The van der Waals surface area contributed by atoms with Gasteiger partial charge in [-0.05, 0) is 34.3 Å². The van der Waals surface area contributed by atoms with Crippen LogP contribution in [0, 0.1) is 5.92 Å². The van der Waals surface area contributed by atoms with E-state index in [0.29, 0.717) is 5.92 Å². The average Bonchev–Trinajstić information content (AvgIpc) is 3.21. The smallest absolute Gasteiger partial charge is 0.169 e. The van der Waals surface area contributed by atoms with Crippen LogP contribution in [0.15, 0.2) is 17.5 Å². The van der Waals surface area contributed by atoms with E-state index in [0.717, 1.165) is 45.1 Å². The maximum absolute atomic E-state index is 4.38. The maximum atomic E-state index is 4.38. The van der Waals surface area contributed by atoms with Crippen molar-refractivity contribution in [3.05, 3.63) is 28.2 Å². The third kappa shape index (κ3) is 3.79. The Morgan fingerprint density at radius 3 is 2.61 bits per heavy atom. The molecule has 2 aromatic rings. The summed E-state index contributed by atoms with van der Waals surface area (Å²) >= 11 is 1.75. The van der Waals surface area contributed by atoms with Crippen molar-refractivity contribution in [2.45, 2.75) is 33.4 Å². The van der Waals surface area contributed by atoms with Crippen molar-refractivity contribution in [3.8, 4) is 0 Å². The van der Waals surface area contributed by atoms with Gasteiger partial charge in [-0.15, -0.1) is 16.4 Å². The first kappa shape index (κ1) is 16.5. The molecule has 6 nitrogen and oxygen atoms in total. The van der Waals surface area contributed by atoms with Gasteiger partial charge in [-0.1, -0.05) is 26.8 Å². The lowest BCUT2D eigenvalue weighted by molar-refractivity contribution is 0.0723. The largest absolute Gasteiger partial charge is 0.301 e. The van der Waals surface area contributed by atoms with E-state index in [-0.39, 0.29) is 6.04 Å². The third-order valence-electron chi connectivity index (χ3n) is 4.59. The Morgan fingerprint density at radius 1 is 1.22 bits per heavy atom. The van der Waals surface area contributed by atoms with E-state index in [9.17, 15) is 0 Å². The van der Waals surface area contributed by atoms with Gasteiger partial charge in [0.1, 0.15) is 0 Å². The molecule has 0 N–H and O–H groups in total. The summed E-state index contributed by atoms with van der Waals surface area (Å²) < 4.78 is 1.97. The summed E-state index contributed by atoms with van der Waals surface area (Å²) in [4.78, 5) is 6.34. The number of hydrogen-bond acceptors (Lipinski definition) is 6. The summed E-state index contributed by atoms with van der Waals surface area (Å²) in [5, 5.41) is 14.7. The fourth-order valence-electron chi connectivity index (χ4n) is 3.33. The lowest BCUT2D eigenvalue weighted by Gasteiger charge is -2.39. The quantitative estimate of drug-likeness (QED) is 0.810. The molecule has 1 unspecified atom stereocenters. The number of rotatable bonds is 6. The number of piperazine rings is 1. The first-order valence-corrected chi connectivity index (χ1v) is 9.31. The number of tetrazole rings is 1. The molecule has 0 bridgehead atoms. The van der Waals surface area contributed by atoms with Gasteiger partial charge in [0, 0.05) is 31.1 Å². The Balaban J connectivity index is 1.78. The molecule has 0 aromatic carbocycles. The van der Waals surface area contributed by atoms with Crippen molar-refractivity contribution in [1.29, 1.82) is 0 Å². The second kappa shape index (κ2) is 7.51. The minimum atomic E-state index is 0.281. The van der Waals surface area contributed by atoms with Crippen molar-refractivity contribution < 1.29 is 0 Å². The Bertz CT molecular complexity index is 585. The van der Waals surface area contributed by atoms with Crippen LogP contribution in [0.2, 0.25) is 0 Å². The number of nitrogens with zero attached hydrogens (tertiary/aromatic N) is 6. The Hall–Kier alpha value is -1.31.